The minimum Gasteiger partial charge on any atom is -0.369 e. The van der Waals surface area contributed by atoms with E-state index in [-0.39, 0.29) is 4.90 Å². The van der Waals surface area contributed by atoms with Gasteiger partial charge in [-0.3, -0.25) is 0 Å². The van der Waals surface area contributed by atoms with Gasteiger partial charge in [-0.05, 0) is 18.2 Å². The number of hydrogen-bond donors (Lipinski definition) is 1. The first-order valence-electron chi connectivity index (χ1n) is 5.43. The summed E-state index contributed by atoms with van der Waals surface area (Å²) in [7, 11) is -3.37. The maximum atomic E-state index is 13.4. The van der Waals surface area contributed by atoms with E-state index in [4.69, 9.17) is 0 Å². The Hall–Kier alpha value is -1.14. The molecule has 0 amide bonds. The molecule has 1 aromatic carbocycles. The number of hydrogen-bond acceptors (Lipinski definition) is 4. The van der Waals surface area contributed by atoms with Crippen molar-refractivity contribution in [1.29, 1.82) is 0 Å². The first kappa shape index (κ1) is 12.3. The van der Waals surface area contributed by atoms with E-state index in [0.717, 1.165) is 38.5 Å². The third kappa shape index (κ3) is 2.95. The van der Waals surface area contributed by atoms with E-state index in [0.29, 0.717) is 5.69 Å². The molecule has 94 valence electrons. The molecule has 1 heterocycles. The van der Waals surface area contributed by atoms with E-state index in [1.54, 1.807) is 0 Å². The van der Waals surface area contributed by atoms with Crippen LogP contribution in [0.2, 0.25) is 0 Å². The highest BCUT2D eigenvalue weighted by atomic mass is 32.2. The number of nitrogens with one attached hydrogen (secondary N) is 1. The monoisotopic (exact) mass is 258 g/mol. The molecule has 0 radical (unpaired) electrons. The second-order valence-corrected chi connectivity index (χ2v) is 6.17. The second kappa shape index (κ2) is 4.62. The molecule has 1 N–H and O–H groups in total. The van der Waals surface area contributed by atoms with Crippen molar-refractivity contribution >= 4 is 15.5 Å². The summed E-state index contributed by atoms with van der Waals surface area (Å²) < 4.78 is 36.3. The molecule has 1 aromatic rings. The molecule has 1 aliphatic rings. The van der Waals surface area contributed by atoms with Crippen LogP contribution in [0.15, 0.2) is 23.1 Å². The van der Waals surface area contributed by atoms with Gasteiger partial charge in [-0.15, -0.1) is 0 Å². The molecular weight excluding hydrogens is 243 g/mol. The van der Waals surface area contributed by atoms with Crippen LogP contribution < -0.4 is 10.2 Å². The zero-order valence-electron chi connectivity index (χ0n) is 9.61. The highest BCUT2D eigenvalue weighted by Crippen LogP contribution is 2.22. The predicted octanol–water partition coefficient (Wildman–Crippen LogP) is 0.639. The molecule has 0 atom stereocenters. The van der Waals surface area contributed by atoms with E-state index in [1.807, 2.05) is 4.90 Å². The number of halogens is 1. The van der Waals surface area contributed by atoms with Gasteiger partial charge in [0.1, 0.15) is 5.82 Å². The Kier molecular flexibility index (Phi) is 3.35. The molecule has 1 fully saturated rings. The van der Waals surface area contributed by atoms with Crippen molar-refractivity contribution in [2.75, 3.05) is 37.3 Å². The molecular formula is C11H15FN2O2S. The zero-order valence-corrected chi connectivity index (χ0v) is 10.4. The number of anilines is 1. The lowest BCUT2D eigenvalue weighted by Crippen LogP contribution is -2.43. The topological polar surface area (TPSA) is 49.4 Å². The summed E-state index contributed by atoms with van der Waals surface area (Å²) in [5, 5.41) is 3.19. The van der Waals surface area contributed by atoms with Crippen LogP contribution in [0.4, 0.5) is 10.1 Å². The van der Waals surface area contributed by atoms with Crippen molar-refractivity contribution in [3.63, 3.8) is 0 Å². The number of nitrogens with zero attached hydrogens (tertiary/aromatic N) is 1. The summed E-state index contributed by atoms with van der Waals surface area (Å²) in [5.41, 5.74) is 0.631. The number of benzene rings is 1. The van der Waals surface area contributed by atoms with Crippen molar-refractivity contribution < 1.29 is 12.8 Å². The van der Waals surface area contributed by atoms with Crippen LogP contribution in [0, 0.1) is 5.82 Å². The molecule has 1 aliphatic heterocycles. The van der Waals surface area contributed by atoms with Gasteiger partial charge in [-0.1, -0.05) is 0 Å². The summed E-state index contributed by atoms with van der Waals surface area (Å²) in [5.74, 6) is -0.513. The van der Waals surface area contributed by atoms with Crippen molar-refractivity contribution in [1.82, 2.24) is 5.32 Å². The van der Waals surface area contributed by atoms with E-state index >= 15 is 0 Å². The molecule has 17 heavy (non-hydrogen) atoms. The van der Waals surface area contributed by atoms with Gasteiger partial charge < -0.3 is 10.2 Å². The van der Waals surface area contributed by atoms with Crippen molar-refractivity contribution in [3.8, 4) is 0 Å². The Morgan fingerprint density at radius 2 is 1.88 bits per heavy atom. The Balaban J connectivity index is 2.37. The SMILES string of the molecule is CS(=O)(=O)c1cc(F)cc(N2CCNCC2)c1. The van der Waals surface area contributed by atoms with Crippen molar-refractivity contribution in [2.24, 2.45) is 0 Å². The van der Waals surface area contributed by atoms with Crippen LogP contribution in [-0.4, -0.2) is 40.9 Å². The van der Waals surface area contributed by atoms with Gasteiger partial charge in [0.25, 0.3) is 0 Å². The fraction of sp³-hybridized carbons (Fsp3) is 0.455. The summed E-state index contributed by atoms with van der Waals surface area (Å²) >= 11 is 0. The molecule has 0 bridgehead atoms. The molecule has 0 saturated carbocycles. The minimum absolute atomic E-state index is 0.0334. The van der Waals surface area contributed by atoms with Crippen LogP contribution in [0.1, 0.15) is 0 Å². The van der Waals surface area contributed by atoms with Gasteiger partial charge in [0, 0.05) is 38.1 Å². The van der Waals surface area contributed by atoms with Crippen molar-refractivity contribution in [3.05, 3.63) is 24.0 Å². The van der Waals surface area contributed by atoms with Crippen molar-refractivity contribution in [2.45, 2.75) is 4.90 Å². The molecule has 1 saturated heterocycles. The standard InChI is InChI=1S/C11H15FN2O2S/c1-17(15,16)11-7-9(12)6-10(8-11)14-4-2-13-3-5-14/h6-8,13H,2-5H2,1H3. The lowest BCUT2D eigenvalue weighted by molar-refractivity contribution is 0.580. The van der Waals surface area contributed by atoms with E-state index < -0.39 is 15.7 Å². The number of rotatable bonds is 2. The first-order valence-corrected chi connectivity index (χ1v) is 7.32. The average molecular weight is 258 g/mol. The van der Waals surface area contributed by atoms with Crippen LogP contribution >= 0.6 is 0 Å². The lowest BCUT2D eigenvalue weighted by Gasteiger charge is -2.29. The number of sulfone groups is 1. The first-order chi connectivity index (χ1) is 7.97. The van der Waals surface area contributed by atoms with Crippen LogP contribution in [-0.2, 0) is 9.84 Å². The number of piperazine rings is 1. The Morgan fingerprint density at radius 3 is 2.47 bits per heavy atom. The summed E-state index contributed by atoms with van der Waals surface area (Å²) in [4.78, 5) is 2.01. The molecule has 0 unspecified atom stereocenters. The minimum atomic E-state index is -3.37. The highest BCUT2D eigenvalue weighted by molar-refractivity contribution is 7.90. The highest BCUT2D eigenvalue weighted by Gasteiger charge is 2.15. The van der Waals surface area contributed by atoms with Crippen LogP contribution in [0.25, 0.3) is 0 Å². The van der Waals surface area contributed by atoms with Gasteiger partial charge in [0.2, 0.25) is 0 Å². The fourth-order valence-electron chi connectivity index (χ4n) is 1.87. The van der Waals surface area contributed by atoms with Crippen LogP contribution in [0.3, 0.4) is 0 Å². The molecule has 0 spiro atoms. The maximum Gasteiger partial charge on any atom is 0.175 e. The normalized spacial score (nSPS) is 17.2. The quantitative estimate of drug-likeness (QED) is 0.845. The fourth-order valence-corrected chi connectivity index (χ4v) is 2.53. The van der Waals surface area contributed by atoms with Gasteiger partial charge in [-0.2, -0.15) is 0 Å². The third-order valence-corrected chi connectivity index (χ3v) is 3.86. The van der Waals surface area contributed by atoms with E-state index in [1.165, 1.54) is 12.1 Å². The van der Waals surface area contributed by atoms with Crippen LogP contribution in [0.5, 0.6) is 0 Å². The predicted molar refractivity (Wildman–Crippen MR) is 64.6 cm³/mol. The molecule has 6 heteroatoms. The zero-order chi connectivity index (χ0) is 12.5. The molecule has 2 rings (SSSR count). The summed E-state index contributed by atoms with van der Waals surface area (Å²) in [6, 6.07) is 3.96. The Morgan fingerprint density at radius 1 is 1.24 bits per heavy atom. The Labute approximate surface area is 100 Å². The van der Waals surface area contributed by atoms with E-state index in [9.17, 15) is 12.8 Å². The third-order valence-electron chi connectivity index (χ3n) is 2.77. The Bertz CT molecular complexity index is 510. The smallest absolute Gasteiger partial charge is 0.175 e. The largest absolute Gasteiger partial charge is 0.369 e. The summed E-state index contributed by atoms with van der Waals surface area (Å²) in [6.07, 6.45) is 1.09. The summed E-state index contributed by atoms with van der Waals surface area (Å²) in [6.45, 7) is 3.16. The van der Waals surface area contributed by atoms with Gasteiger partial charge in [0.05, 0.1) is 4.90 Å². The molecule has 4 nitrogen and oxygen atoms in total. The molecule has 0 aliphatic carbocycles. The average Bonchev–Trinajstić information content (AvgIpc) is 2.28. The second-order valence-electron chi connectivity index (χ2n) is 4.15. The van der Waals surface area contributed by atoms with Gasteiger partial charge >= 0.3 is 0 Å². The maximum absolute atomic E-state index is 13.4. The van der Waals surface area contributed by atoms with Gasteiger partial charge in [-0.25, -0.2) is 12.8 Å². The van der Waals surface area contributed by atoms with Gasteiger partial charge in [0.15, 0.2) is 9.84 Å². The van der Waals surface area contributed by atoms with E-state index in [2.05, 4.69) is 5.32 Å². The lowest BCUT2D eigenvalue weighted by atomic mass is 10.2. The molecule has 0 aromatic heterocycles.